The molecule has 0 heterocycles. The maximum Gasteiger partial charge on any atom is 0.273 e. The molecule has 0 aliphatic carbocycles. The zero-order valence-electron chi connectivity index (χ0n) is 18.6. The predicted octanol–water partition coefficient (Wildman–Crippen LogP) is 5.43. The summed E-state index contributed by atoms with van der Waals surface area (Å²) in [6.07, 6.45) is 1.26. The predicted molar refractivity (Wildman–Crippen MR) is 128 cm³/mol. The summed E-state index contributed by atoms with van der Waals surface area (Å²) in [5, 5.41) is 26.2. The third-order valence-electron chi connectivity index (χ3n) is 5.05. The molecule has 0 saturated heterocycles. The number of nitro groups is 1. The number of halogens is 2. The van der Waals surface area contributed by atoms with E-state index in [1.54, 1.807) is 13.8 Å². The Morgan fingerprint density at radius 2 is 1.82 bits per heavy atom. The summed E-state index contributed by atoms with van der Waals surface area (Å²) >= 11 is 12.0. The van der Waals surface area contributed by atoms with Crippen LogP contribution >= 0.6 is 23.2 Å². The van der Waals surface area contributed by atoms with Gasteiger partial charge in [0.05, 0.1) is 33.8 Å². The van der Waals surface area contributed by atoms with Gasteiger partial charge < -0.3 is 20.5 Å². The molecule has 1 atom stereocenters. The quantitative estimate of drug-likeness (QED) is 0.172. The molecule has 2 aromatic carbocycles. The molecule has 0 radical (unpaired) electrons. The highest BCUT2D eigenvalue weighted by molar-refractivity contribution is 6.37. The van der Waals surface area contributed by atoms with Crippen LogP contribution in [-0.2, 0) is 9.59 Å². The van der Waals surface area contributed by atoms with Crippen LogP contribution in [-0.4, -0.2) is 34.9 Å². The van der Waals surface area contributed by atoms with E-state index in [1.165, 1.54) is 37.4 Å². The molecule has 1 unspecified atom stereocenters. The number of phenolic OH excluding ortho intramolecular Hbond substituents is 1. The number of ether oxygens (including phenoxy) is 1. The highest BCUT2D eigenvalue weighted by Gasteiger charge is 2.37. The van der Waals surface area contributed by atoms with Gasteiger partial charge >= 0.3 is 0 Å². The molecule has 178 valence electrons. The number of nitro benzene ring substituents is 1. The molecular weight excluding hydrogens is 473 g/mol. The highest BCUT2D eigenvalue weighted by atomic mass is 35.5. The summed E-state index contributed by atoms with van der Waals surface area (Å²) in [6.45, 7) is 5.41. The molecule has 0 aliphatic heterocycles. The van der Waals surface area contributed by atoms with Crippen LogP contribution in [0.15, 0.2) is 30.3 Å². The van der Waals surface area contributed by atoms with E-state index in [2.05, 4.69) is 10.6 Å². The second-order valence-corrected chi connectivity index (χ2v) is 8.81. The van der Waals surface area contributed by atoms with Gasteiger partial charge in [-0.2, -0.15) is 0 Å². The van der Waals surface area contributed by atoms with Gasteiger partial charge in [-0.3, -0.25) is 19.7 Å². The van der Waals surface area contributed by atoms with Crippen LogP contribution in [0.25, 0.3) is 0 Å². The van der Waals surface area contributed by atoms with Gasteiger partial charge in [-0.05, 0) is 24.6 Å². The molecule has 9 nitrogen and oxygen atoms in total. The number of ketones is 1. The molecule has 0 aromatic heterocycles. The Balaban J connectivity index is 2.44. The van der Waals surface area contributed by atoms with Gasteiger partial charge in [0.1, 0.15) is 5.75 Å². The van der Waals surface area contributed by atoms with Gasteiger partial charge in [-0.1, -0.05) is 50.4 Å². The molecule has 33 heavy (non-hydrogen) atoms. The van der Waals surface area contributed by atoms with Crippen molar-refractivity contribution in [2.45, 2.75) is 39.7 Å². The van der Waals surface area contributed by atoms with E-state index in [-0.39, 0.29) is 44.4 Å². The first-order valence-corrected chi connectivity index (χ1v) is 10.8. The summed E-state index contributed by atoms with van der Waals surface area (Å²) < 4.78 is 5.16. The van der Waals surface area contributed by atoms with Crippen molar-refractivity contribution in [2.24, 2.45) is 5.41 Å². The molecule has 0 saturated carbocycles. The maximum atomic E-state index is 13.4. The molecule has 0 bridgehead atoms. The van der Waals surface area contributed by atoms with Crippen molar-refractivity contribution in [3.63, 3.8) is 0 Å². The average molecular weight is 498 g/mol. The van der Waals surface area contributed by atoms with Crippen molar-refractivity contribution in [1.29, 1.82) is 0 Å². The minimum absolute atomic E-state index is 0.0542. The number of benzene rings is 2. The molecule has 2 aromatic rings. The van der Waals surface area contributed by atoms with Gasteiger partial charge in [0.2, 0.25) is 0 Å². The van der Waals surface area contributed by atoms with Crippen LogP contribution in [0.5, 0.6) is 11.5 Å². The number of carbonyl (C=O) groups is 2. The van der Waals surface area contributed by atoms with Crippen molar-refractivity contribution in [1.82, 2.24) is 0 Å². The second kappa shape index (κ2) is 10.7. The topological polar surface area (TPSA) is 131 Å². The minimum Gasteiger partial charge on any atom is -0.505 e. The van der Waals surface area contributed by atoms with Gasteiger partial charge in [0, 0.05) is 17.2 Å². The number of Topliss-reactive ketones (excluding diaryl/α,β-unsaturated/α-hetero) is 1. The number of methoxy groups -OCH3 is 1. The van der Waals surface area contributed by atoms with Gasteiger partial charge in [-0.25, -0.2) is 0 Å². The van der Waals surface area contributed by atoms with Gasteiger partial charge in [0.15, 0.2) is 17.6 Å². The lowest BCUT2D eigenvalue weighted by atomic mass is 9.80. The van der Waals surface area contributed by atoms with Crippen molar-refractivity contribution in [3.05, 3.63) is 50.5 Å². The van der Waals surface area contributed by atoms with E-state index in [1.807, 2.05) is 6.92 Å². The smallest absolute Gasteiger partial charge is 0.273 e. The Labute approximate surface area is 201 Å². The number of carbonyl (C=O) groups excluding carboxylic acids is 2. The summed E-state index contributed by atoms with van der Waals surface area (Å²) in [5.41, 5.74) is -0.650. The molecule has 0 spiro atoms. The normalized spacial score (nSPS) is 12.1. The number of nitrogens with zero attached hydrogens (tertiary/aromatic N) is 1. The van der Waals surface area contributed by atoms with Crippen LogP contribution in [0.3, 0.4) is 0 Å². The number of nitrogens with one attached hydrogen (secondary N) is 2. The number of hydrogen-bond acceptors (Lipinski definition) is 7. The van der Waals surface area contributed by atoms with Crippen LogP contribution in [0.4, 0.5) is 17.1 Å². The Bertz CT molecular complexity index is 1050. The number of phenols is 1. The molecule has 0 fully saturated rings. The highest BCUT2D eigenvalue weighted by Crippen LogP contribution is 2.36. The number of hydrogen-bond donors (Lipinski definition) is 3. The Hall–Kier alpha value is -3.04. The Kier molecular flexibility index (Phi) is 8.51. The zero-order chi connectivity index (χ0) is 24.9. The number of anilines is 2. The number of amides is 1. The van der Waals surface area contributed by atoms with Gasteiger partial charge in [-0.15, -0.1) is 0 Å². The van der Waals surface area contributed by atoms with E-state index in [0.29, 0.717) is 6.42 Å². The summed E-state index contributed by atoms with van der Waals surface area (Å²) in [7, 11) is 1.31. The minimum atomic E-state index is -1.36. The zero-order valence-corrected chi connectivity index (χ0v) is 20.1. The fourth-order valence-corrected chi connectivity index (χ4v) is 3.79. The van der Waals surface area contributed by atoms with Crippen LogP contribution in [0.2, 0.25) is 10.0 Å². The molecule has 3 N–H and O–H groups in total. The van der Waals surface area contributed by atoms with E-state index in [0.717, 1.165) is 6.42 Å². The lowest BCUT2D eigenvalue weighted by molar-refractivity contribution is -0.384. The number of aromatic hydroxyl groups is 1. The maximum absolute atomic E-state index is 13.4. The van der Waals surface area contributed by atoms with Crippen molar-refractivity contribution < 1.29 is 24.4 Å². The lowest BCUT2D eigenvalue weighted by Crippen LogP contribution is -2.47. The third kappa shape index (κ3) is 6.27. The largest absolute Gasteiger partial charge is 0.505 e. The molecule has 11 heteroatoms. The van der Waals surface area contributed by atoms with E-state index < -0.39 is 22.3 Å². The van der Waals surface area contributed by atoms with Crippen LogP contribution in [0, 0.1) is 15.5 Å². The van der Waals surface area contributed by atoms with Crippen LogP contribution in [0.1, 0.15) is 33.6 Å². The first-order valence-electron chi connectivity index (χ1n) is 10.0. The summed E-state index contributed by atoms with van der Waals surface area (Å²) in [4.78, 5) is 37.0. The number of non-ortho nitro benzene ring substituents is 1. The Morgan fingerprint density at radius 1 is 1.21 bits per heavy atom. The molecule has 0 aliphatic rings. The average Bonchev–Trinajstić information content (AvgIpc) is 2.75. The SMILES string of the molecule is CCCC(C)(C)C(=O)C(Nc1cc(Cl)c(O)c(Cl)c1)C(=O)Nc1ccc([N+](=O)[O-])cc1OC. The van der Waals surface area contributed by atoms with E-state index >= 15 is 0 Å². The monoisotopic (exact) mass is 497 g/mol. The first kappa shape index (κ1) is 26.2. The Morgan fingerprint density at radius 3 is 2.33 bits per heavy atom. The molecular formula is C22H25Cl2N3O6. The fourth-order valence-electron chi connectivity index (χ4n) is 3.31. The summed E-state index contributed by atoms with van der Waals surface area (Å²) in [6, 6.07) is 5.03. The van der Waals surface area contributed by atoms with E-state index in [9.17, 15) is 24.8 Å². The van der Waals surface area contributed by atoms with Gasteiger partial charge in [0.25, 0.3) is 11.6 Å². The van der Waals surface area contributed by atoms with Crippen LogP contribution < -0.4 is 15.4 Å². The van der Waals surface area contributed by atoms with Crippen molar-refractivity contribution in [3.8, 4) is 11.5 Å². The van der Waals surface area contributed by atoms with Crippen molar-refractivity contribution >= 4 is 52.0 Å². The molecule has 2 rings (SSSR count). The lowest BCUT2D eigenvalue weighted by Gasteiger charge is -2.28. The summed E-state index contributed by atoms with van der Waals surface area (Å²) in [5.74, 6) is -1.36. The standard InChI is InChI=1S/C22H25Cl2N3O6/c1-5-8-22(2,3)20(29)18(25-12-9-14(23)19(28)15(24)10-12)21(30)26-16-7-6-13(27(31)32)11-17(16)33-4/h6-7,9-11,18,25,28H,5,8H2,1-4H3,(H,26,30). The third-order valence-corrected chi connectivity index (χ3v) is 5.62. The second-order valence-electron chi connectivity index (χ2n) is 7.99. The molecule has 1 amide bonds. The van der Waals surface area contributed by atoms with E-state index in [4.69, 9.17) is 27.9 Å². The first-order chi connectivity index (χ1) is 15.4. The fraction of sp³-hybridized carbons (Fsp3) is 0.364. The van der Waals surface area contributed by atoms with Crippen molar-refractivity contribution in [2.75, 3.05) is 17.7 Å². The number of rotatable bonds is 10.